The van der Waals surface area contributed by atoms with Crippen molar-refractivity contribution in [3.63, 3.8) is 0 Å². The lowest BCUT2D eigenvalue weighted by Crippen LogP contribution is -2.44. The van der Waals surface area contributed by atoms with E-state index in [1.54, 1.807) is 6.08 Å². The molecule has 17 heavy (non-hydrogen) atoms. The highest BCUT2D eigenvalue weighted by Gasteiger charge is 2.34. The van der Waals surface area contributed by atoms with Crippen molar-refractivity contribution in [2.75, 3.05) is 6.61 Å². The Morgan fingerprint density at radius 1 is 1.35 bits per heavy atom. The van der Waals surface area contributed by atoms with Crippen LogP contribution in [0.15, 0.2) is 12.2 Å². The van der Waals surface area contributed by atoms with Gasteiger partial charge in [0.1, 0.15) is 0 Å². The minimum Gasteiger partial charge on any atom is -0.481 e. The number of rotatable bonds is 5. The summed E-state index contributed by atoms with van der Waals surface area (Å²) in [5, 5.41) is 20.7. The van der Waals surface area contributed by atoms with Gasteiger partial charge in [0.15, 0.2) is 0 Å². The van der Waals surface area contributed by atoms with Gasteiger partial charge in [0, 0.05) is 0 Å². The normalized spacial score (nSPS) is 25.3. The van der Waals surface area contributed by atoms with Crippen LogP contribution in [0.3, 0.4) is 0 Å². The Balaban J connectivity index is 2.66. The fourth-order valence-electron chi connectivity index (χ4n) is 1.96. The van der Waals surface area contributed by atoms with Crippen LogP contribution in [0.2, 0.25) is 0 Å². The molecule has 0 saturated heterocycles. The molecule has 96 valence electrons. The van der Waals surface area contributed by atoms with Gasteiger partial charge in [-0.25, -0.2) is 0 Å². The molecule has 0 aliphatic heterocycles. The van der Waals surface area contributed by atoms with E-state index in [2.05, 4.69) is 5.32 Å². The highest BCUT2D eigenvalue weighted by Crippen LogP contribution is 2.26. The molecule has 5 nitrogen and oxygen atoms in total. The number of carbonyl (C=O) groups is 2. The molecule has 1 aliphatic carbocycles. The minimum atomic E-state index is -0.938. The molecule has 0 heterocycles. The molecule has 0 spiro atoms. The summed E-state index contributed by atoms with van der Waals surface area (Å²) in [5.74, 6) is -2.40. The van der Waals surface area contributed by atoms with Crippen LogP contribution in [-0.2, 0) is 9.59 Å². The zero-order valence-electron chi connectivity index (χ0n) is 9.93. The predicted octanol–water partition coefficient (Wildman–Crippen LogP) is 0.541. The van der Waals surface area contributed by atoms with Crippen molar-refractivity contribution in [2.24, 2.45) is 11.8 Å². The molecular weight excluding hydrogens is 222 g/mol. The Labute approximate surface area is 101 Å². The van der Waals surface area contributed by atoms with E-state index in [1.807, 2.05) is 13.0 Å². The number of carbonyl (C=O) groups excluding carboxylic acids is 1. The maximum atomic E-state index is 11.9. The summed E-state index contributed by atoms with van der Waals surface area (Å²) >= 11 is 0. The number of aliphatic carboxylic acids is 1. The number of carboxylic acid groups (broad SMARTS) is 1. The Hall–Kier alpha value is -1.36. The largest absolute Gasteiger partial charge is 0.481 e. The second kappa shape index (κ2) is 6.39. The van der Waals surface area contributed by atoms with Crippen molar-refractivity contribution in [3.8, 4) is 0 Å². The average molecular weight is 241 g/mol. The first-order valence-electron chi connectivity index (χ1n) is 5.89. The third-order valence-electron chi connectivity index (χ3n) is 3.15. The van der Waals surface area contributed by atoms with Gasteiger partial charge in [-0.3, -0.25) is 9.59 Å². The van der Waals surface area contributed by atoms with Crippen LogP contribution < -0.4 is 5.32 Å². The summed E-state index contributed by atoms with van der Waals surface area (Å²) in [6.07, 6.45) is 5.10. The minimum absolute atomic E-state index is 0.122. The van der Waals surface area contributed by atoms with Gasteiger partial charge in [-0.2, -0.15) is 0 Å². The maximum absolute atomic E-state index is 11.9. The lowest BCUT2D eigenvalue weighted by Gasteiger charge is -2.26. The van der Waals surface area contributed by atoms with Gasteiger partial charge in [0.2, 0.25) is 5.91 Å². The number of carboxylic acids is 1. The van der Waals surface area contributed by atoms with E-state index in [0.29, 0.717) is 19.3 Å². The number of aliphatic hydroxyl groups is 1. The smallest absolute Gasteiger partial charge is 0.307 e. The van der Waals surface area contributed by atoms with E-state index in [4.69, 9.17) is 10.2 Å². The number of aliphatic hydroxyl groups excluding tert-OH is 1. The summed E-state index contributed by atoms with van der Waals surface area (Å²) in [7, 11) is 0. The van der Waals surface area contributed by atoms with Gasteiger partial charge in [-0.1, -0.05) is 19.1 Å². The van der Waals surface area contributed by atoms with Crippen molar-refractivity contribution in [1.29, 1.82) is 0 Å². The summed E-state index contributed by atoms with van der Waals surface area (Å²) < 4.78 is 0. The van der Waals surface area contributed by atoms with Crippen LogP contribution in [0.25, 0.3) is 0 Å². The number of allylic oxidation sites excluding steroid dienone is 2. The second-order valence-electron chi connectivity index (χ2n) is 4.29. The zero-order chi connectivity index (χ0) is 12.8. The summed E-state index contributed by atoms with van der Waals surface area (Å²) in [6.45, 7) is 1.74. The standard InChI is InChI=1S/C12H19NO4/c1-2-8(7-14)13-11(15)9-5-3-4-6-10(9)12(16)17/h3-4,8-10,14H,2,5-7H2,1H3,(H,13,15)(H,16,17)/t8-,9-,10+/m1/s1. The van der Waals surface area contributed by atoms with Gasteiger partial charge in [0.25, 0.3) is 0 Å². The van der Waals surface area contributed by atoms with Crippen molar-refractivity contribution in [3.05, 3.63) is 12.2 Å². The lowest BCUT2D eigenvalue weighted by molar-refractivity contribution is -0.147. The molecular formula is C12H19NO4. The molecule has 1 amide bonds. The van der Waals surface area contributed by atoms with Gasteiger partial charge < -0.3 is 15.5 Å². The molecule has 0 bridgehead atoms. The Bertz CT molecular complexity index is 310. The van der Waals surface area contributed by atoms with Gasteiger partial charge in [0.05, 0.1) is 24.5 Å². The molecule has 3 N–H and O–H groups in total. The van der Waals surface area contributed by atoms with E-state index >= 15 is 0 Å². The molecule has 0 aromatic carbocycles. The van der Waals surface area contributed by atoms with Gasteiger partial charge in [-0.05, 0) is 19.3 Å². The van der Waals surface area contributed by atoms with E-state index < -0.39 is 17.8 Å². The summed E-state index contributed by atoms with van der Waals surface area (Å²) in [5.41, 5.74) is 0. The molecule has 1 aliphatic rings. The first-order valence-corrected chi connectivity index (χ1v) is 5.89. The first kappa shape index (κ1) is 13.7. The zero-order valence-corrected chi connectivity index (χ0v) is 9.93. The molecule has 3 atom stereocenters. The van der Waals surface area contributed by atoms with E-state index in [0.717, 1.165) is 0 Å². The third kappa shape index (κ3) is 3.56. The van der Waals surface area contributed by atoms with Crippen LogP contribution in [-0.4, -0.2) is 34.7 Å². The van der Waals surface area contributed by atoms with E-state index in [-0.39, 0.29) is 18.6 Å². The van der Waals surface area contributed by atoms with Crippen LogP contribution in [0.1, 0.15) is 26.2 Å². The quantitative estimate of drug-likeness (QED) is 0.613. The number of nitrogens with one attached hydrogen (secondary N) is 1. The fraction of sp³-hybridized carbons (Fsp3) is 0.667. The number of amides is 1. The topological polar surface area (TPSA) is 86.6 Å². The van der Waals surface area contributed by atoms with Crippen LogP contribution in [0, 0.1) is 11.8 Å². The average Bonchev–Trinajstić information content (AvgIpc) is 2.35. The molecule has 5 heteroatoms. The Morgan fingerprint density at radius 2 is 1.94 bits per heavy atom. The number of hydrogen-bond acceptors (Lipinski definition) is 3. The van der Waals surface area contributed by atoms with E-state index in [9.17, 15) is 9.59 Å². The summed E-state index contributed by atoms with van der Waals surface area (Å²) in [6, 6.07) is -0.289. The van der Waals surface area contributed by atoms with Crippen LogP contribution in [0.5, 0.6) is 0 Å². The highest BCUT2D eigenvalue weighted by molar-refractivity contribution is 5.85. The molecule has 0 aromatic rings. The van der Waals surface area contributed by atoms with E-state index in [1.165, 1.54) is 0 Å². The SMILES string of the molecule is CC[C@H](CO)NC(=O)[C@@H]1CC=CC[C@@H]1C(=O)O. The first-order chi connectivity index (χ1) is 8.10. The van der Waals surface area contributed by atoms with Gasteiger partial charge in [-0.15, -0.1) is 0 Å². The second-order valence-corrected chi connectivity index (χ2v) is 4.29. The lowest BCUT2D eigenvalue weighted by atomic mass is 9.82. The Morgan fingerprint density at radius 3 is 2.41 bits per heavy atom. The van der Waals surface area contributed by atoms with Gasteiger partial charge >= 0.3 is 5.97 Å². The molecule has 0 fully saturated rings. The van der Waals surface area contributed by atoms with Crippen molar-refractivity contribution < 1.29 is 19.8 Å². The molecule has 0 aromatic heterocycles. The Kier molecular flexibility index (Phi) is 5.15. The molecule has 0 radical (unpaired) electrons. The summed E-state index contributed by atoms with van der Waals surface area (Å²) in [4.78, 5) is 23.0. The number of hydrogen-bond donors (Lipinski definition) is 3. The monoisotopic (exact) mass is 241 g/mol. The maximum Gasteiger partial charge on any atom is 0.307 e. The molecule has 1 rings (SSSR count). The molecule has 0 saturated carbocycles. The fourth-order valence-corrected chi connectivity index (χ4v) is 1.96. The third-order valence-corrected chi connectivity index (χ3v) is 3.15. The van der Waals surface area contributed by atoms with Crippen molar-refractivity contribution >= 4 is 11.9 Å². The molecule has 0 unspecified atom stereocenters. The van der Waals surface area contributed by atoms with Crippen molar-refractivity contribution in [2.45, 2.75) is 32.2 Å². The van der Waals surface area contributed by atoms with Crippen LogP contribution >= 0.6 is 0 Å². The van der Waals surface area contributed by atoms with Crippen molar-refractivity contribution in [1.82, 2.24) is 5.32 Å². The highest BCUT2D eigenvalue weighted by atomic mass is 16.4. The van der Waals surface area contributed by atoms with Crippen LogP contribution in [0.4, 0.5) is 0 Å². The predicted molar refractivity (Wildman–Crippen MR) is 62.3 cm³/mol.